The van der Waals surface area contributed by atoms with Crippen molar-refractivity contribution in [2.75, 3.05) is 12.9 Å². The molecule has 15 heavy (non-hydrogen) atoms. The number of rotatable bonds is 5. The van der Waals surface area contributed by atoms with Crippen molar-refractivity contribution in [1.82, 2.24) is 0 Å². The van der Waals surface area contributed by atoms with E-state index >= 15 is 0 Å². The zero-order valence-corrected chi connectivity index (χ0v) is 9.74. The van der Waals surface area contributed by atoms with Crippen molar-refractivity contribution in [2.45, 2.75) is 25.0 Å². The van der Waals surface area contributed by atoms with Crippen LogP contribution in [0.5, 0.6) is 0 Å². The molecule has 0 radical (unpaired) electrons. The van der Waals surface area contributed by atoms with E-state index in [4.69, 9.17) is 5.21 Å². The van der Waals surface area contributed by atoms with E-state index in [1.165, 1.54) is 6.92 Å². The highest BCUT2D eigenvalue weighted by Crippen LogP contribution is 2.21. The quantitative estimate of drug-likeness (QED) is 0.319. The lowest BCUT2D eigenvalue weighted by Gasteiger charge is -2.23. The molecule has 0 aromatic rings. The number of carbonyl (C=O) groups is 1. The summed E-state index contributed by atoms with van der Waals surface area (Å²) >= 11 is 0. The van der Waals surface area contributed by atoms with Gasteiger partial charge in [0.25, 0.3) is 0 Å². The van der Waals surface area contributed by atoms with Crippen molar-refractivity contribution in [3.8, 4) is 0 Å². The van der Waals surface area contributed by atoms with Crippen molar-refractivity contribution in [3.05, 3.63) is 0 Å². The summed E-state index contributed by atoms with van der Waals surface area (Å²) in [5, 5.41) is 10.9. The fourth-order valence-electron chi connectivity index (χ4n) is 0.885. The number of esters is 1. The fraction of sp³-hybridized carbons (Fsp3) is 0.750. The summed E-state index contributed by atoms with van der Waals surface area (Å²) in [7, 11) is -3.64. The fourth-order valence-corrected chi connectivity index (χ4v) is 1.62. The molecule has 0 aliphatic heterocycles. The van der Waals surface area contributed by atoms with E-state index in [-0.39, 0.29) is 13.0 Å². The monoisotopic (exact) mass is 237 g/mol. The van der Waals surface area contributed by atoms with Gasteiger partial charge in [0.05, 0.1) is 6.61 Å². The Morgan fingerprint density at radius 1 is 1.60 bits per heavy atom. The minimum absolute atomic E-state index is 0.0974. The van der Waals surface area contributed by atoms with Gasteiger partial charge in [0.1, 0.15) is 0 Å². The van der Waals surface area contributed by atoms with Crippen molar-refractivity contribution in [3.63, 3.8) is 0 Å². The van der Waals surface area contributed by atoms with Crippen LogP contribution in [0.1, 0.15) is 20.3 Å². The van der Waals surface area contributed by atoms with Gasteiger partial charge in [-0.15, -0.1) is 5.16 Å². The molecule has 1 atom stereocenters. The summed E-state index contributed by atoms with van der Waals surface area (Å²) in [6, 6.07) is 0. The maximum absolute atomic E-state index is 11.5. The van der Waals surface area contributed by atoms with Crippen LogP contribution in [0, 0.1) is 0 Å². The SMILES string of the molecule is CCOC(=O)[C@@](C)(C/C=N/O)S(C)(=O)=O. The first-order chi connectivity index (χ1) is 6.79. The number of carbonyl (C=O) groups excluding carboxylic acids is 1. The second kappa shape index (κ2) is 5.11. The predicted octanol–water partition coefficient (Wildman–Crippen LogP) is 0.203. The normalized spacial score (nSPS) is 16.2. The molecule has 0 fully saturated rings. The van der Waals surface area contributed by atoms with E-state index in [1.54, 1.807) is 6.92 Å². The van der Waals surface area contributed by atoms with Gasteiger partial charge in [-0.2, -0.15) is 0 Å². The number of sulfone groups is 1. The summed E-state index contributed by atoms with van der Waals surface area (Å²) in [6.07, 6.45) is 1.67. The van der Waals surface area contributed by atoms with Gasteiger partial charge in [-0.25, -0.2) is 8.42 Å². The highest BCUT2D eigenvalue weighted by Gasteiger charge is 2.44. The molecule has 0 unspecified atom stereocenters. The van der Waals surface area contributed by atoms with E-state index in [0.29, 0.717) is 0 Å². The molecule has 6 nitrogen and oxygen atoms in total. The minimum Gasteiger partial charge on any atom is -0.465 e. The smallest absolute Gasteiger partial charge is 0.327 e. The van der Waals surface area contributed by atoms with E-state index in [1.807, 2.05) is 0 Å². The van der Waals surface area contributed by atoms with Crippen LogP contribution < -0.4 is 0 Å². The maximum atomic E-state index is 11.5. The van der Waals surface area contributed by atoms with Crippen molar-refractivity contribution >= 4 is 22.0 Å². The lowest BCUT2D eigenvalue weighted by atomic mass is 10.1. The summed E-state index contributed by atoms with van der Waals surface area (Å²) in [5.41, 5.74) is 0. The zero-order chi connectivity index (χ0) is 12.1. The van der Waals surface area contributed by atoms with E-state index in [9.17, 15) is 13.2 Å². The van der Waals surface area contributed by atoms with Gasteiger partial charge in [-0.3, -0.25) is 4.79 Å². The topological polar surface area (TPSA) is 93.0 Å². The highest BCUT2D eigenvalue weighted by molar-refractivity contribution is 7.92. The Bertz CT molecular complexity index is 348. The zero-order valence-electron chi connectivity index (χ0n) is 8.93. The van der Waals surface area contributed by atoms with Crippen molar-refractivity contribution < 1.29 is 23.2 Å². The Kier molecular flexibility index (Phi) is 4.73. The lowest BCUT2D eigenvalue weighted by molar-refractivity contribution is -0.145. The average molecular weight is 237 g/mol. The average Bonchev–Trinajstić information content (AvgIpc) is 2.12. The number of nitrogens with zero attached hydrogens (tertiary/aromatic N) is 1. The molecule has 0 spiro atoms. The van der Waals surface area contributed by atoms with E-state index in [2.05, 4.69) is 9.89 Å². The van der Waals surface area contributed by atoms with E-state index < -0.39 is 20.6 Å². The van der Waals surface area contributed by atoms with Gasteiger partial charge in [0.15, 0.2) is 14.6 Å². The maximum Gasteiger partial charge on any atom is 0.327 e. The summed E-state index contributed by atoms with van der Waals surface area (Å²) in [4.78, 5) is 11.5. The molecule has 1 N–H and O–H groups in total. The first-order valence-electron chi connectivity index (χ1n) is 4.32. The Labute approximate surface area is 88.8 Å². The molecular formula is C8H15NO5S. The van der Waals surface area contributed by atoms with Gasteiger partial charge in [0, 0.05) is 18.9 Å². The Morgan fingerprint density at radius 2 is 2.13 bits per heavy atom. The molecule has 7 heteroatoms. The molecule has 0 saturated heterocycles. The predicted molar refractivity (Wildman–Crippen MR) is 54.8 cm³/mol. The number of oxime groups is 1. The highest BCUT2D eigenvalue weighted by atomic mass is 32.2. The van der Waals surface area contributed by atoms with Crippen molar-refractivity contribution in [1.29, 1.82) is 0 Å². The molecule has 0 amide bonds. The molecule has 0 aromatic heterocycles. The molecule has 0 rings (SSSR count). The molecule has 0 bridgehead atoms. The molecule has 0 heterocycles. The van der Waals surface area contributed by atoms with E-state index in [0.717, 1.165) is 12.5 Å². The van der Waals surface area contributed by atoms with Crippen LogP contribution in [0.2, 0.25) is 0 Å². The van der Waals surface area contributed by atoms with Gasteiger partial charge < -0.3 is 9.94 Å². The number of hydrogen-bond donors (Lipinski definition) is 1. The first-order valence-corrected chi connectivity index (χ1v) is 6.21. The van der Waals surface area contributed by atoms with Crippen LogP contribution >= 0.6 is 0 Å². The van der Waals surface area contributed by atoms with Crippen LogP contribution in [-0.2, 0) is 19.4 Å². The molecule has 88 valence electrons. The minimum atomic E-state index is -3.64. The number of ether oxygens (including phenoxy) is 1. The summed E-state index contributed by atoms with van der Waals surface area (Å²) in [5.74, 6) is -0.840. The first kappa shape index (κ1) is 13.9. The third kappa shape index (κ3) is 3.19. The van der Waals surface area contributed by atoms with Crippen molar-refractivity contribution in [2.24, 2.45) is 5.16 Å². The third-order valence-electron chi connectivity index (χ3n) is 2.09. The van der Waals surface area contributed by atoms with Crippen LogP contribution in [0.3, 0.4) is 0 Å². The second-order valence-electron chi connectivity index (χ2n) is 3.23. The van der Waals surface area contributed by atoms with Gasteiger partial charge in [0.2, 0.25) is 0 Å². The summed E-state index contributed by atoms with van der Waals surface area (Å²) < 4.78 is 25.8. The molecule has 0 aliphatic rings. The largest absolute Gasteiger partial charge is 0.465 e. The van der Waals surface area contributed by atoms with Crippen LogP contribution in [0.15, 0.2) is 5.16 Å². The molecule has 0 saturated carbocycles. The van der Waals surface area contributed by atoms with Gasteiger partial charge in [-0.1, -0.05) is 0 Å². The third-order valence-corrected chi connectivity index (χ3v) is 4.06. The van der Waals surface area contributed by atoms with Crippen LogP contribution in [0.25, 0.3) is 0 Å². The molecule has 0 aliphatic carbocycles. The van der Waals surface area contributed by atoms with Crippen LogP contribution in [0.4, 0.5) is 0 Å². The standard InChI is InChI=1S/C8H15NO5S/c1-4-14-7(10)8(2,5-6-9-11)15(3,12)13/h6,11H,4-5H2,1-3H3/b9-6+/t8-/m1/s1. The van der Waals surface area contributed by atoms with Gasteiger partial charge in [-0.05, 0) is 13.8 Å². The van der Waals surface area contributed by atoms with Gasteiger partial charge >= 0.3 is 5.97 Å². The Morgan fingerprint density at radius 3 is 2.47 bits per heavy atom. The lowest BCUT2D eigenvalue weighted by Crippen LogP contribution is -2.44. The number of hydrogen-bond acceptors (Lipinski definition) is 6. The molecule has 0 aromatic carbocycles. The molecular weight excluding hydrogens is 222 g/mol. The van der Waals surface area contributed by atoms with Crippen LogP contribution in [-0.4, -0.2) is 43.4 Å². The Balaban J connectivity index is 5.12. The second-order valence-corrected chi connectivity index (χ2v) is 5.67. The Hall–Kier alpha value is -1.11. The summed E-state index contributed by atoms with van der Waals surface area (Å²) in [6.45, 7) is 2.92.